The van der Waals surface area contributed by atoms with Gasteiger partial charge >= 0.3 is 10.2 Å². The summed E-state index contributed by atoms with van der Waals surface area (Å²) in [5.41, 5.74) is 9.00. The highest BCUT2D eigenvalue weighted by Gasteiger charge is 2.27. The summed E-state index contributed by atoms with van der Waals surface area (Å²) in [6.45, 7) is 1.61. The first-order chi connectivity index (χ1) is 16.9. The normalized spacial score (nSPS) is 18.7. The average Bonchev–Trinajstić information content (AvgIpc) is 2.87. The Labute approximate surface area is 203 Å². The highest BCUT2D eigenvalue weighted by Crippen LogP contribution is 2.31. The van der Waals surface area contributed by atoms with Crippen molar-refractivity contribution in [3.05, 3.63) is 78.0 Å². The summed E-state index contributed by atoms with van der Waals surface area (Å²) in [6, 6.07) is 18.4. The Kier molecular flexibility index (Phi) is 6.12. The molecule has 9 nitrogen and oxygen atoms in total. The molecule has 1 fully saturated rings. The number of carbonyl (C=O) groups excluding carboxylic acids is 1. The molecule has 3 heterocycles. The summed E-state index contributed by atoms with van der Waals surface area (Å²) in [7, 11) is -3.85. The summed E-state index contributed by atoms with van der Waals surface area (Å²) in [6.07, 6.45) is 3.45. The van der Waals surface area contributed by atoms with Crippen LogP contribution in [0.5, 0.6) is 5.75 Å². The highest BCUT2D eigenvalue weighted by atomic mass is 32.2. The molecular formula is C25H25N5O4S. The first kappa shape index (κ1) is 22.9. The monoisotopic (exact) mass is 491 g/mol. The Balaban J connectivity index is 1.27. The van der Waals surface area contributed by atoms with Crippen molar-refractivity contribution in [1.29, 1.82) is 0 Å². The number of fused-ring (bicyclic) bond motifs is 1. The minimum absolute atomic E-state index is 0.0304. The number of anilines is 1. The van der Waals surface area contributed by atoms with Crippen molar-refractivity contribution in [2.45, 2.75) is 12.8 Å². The molecule has 0 saturated carbocycles. The number of ether oxygens (including phenoxy) is 1. The number of piperidine rings is 1. The standard InChI is InChI=1S/C25H25N5O4S/c26-24-23-20(28-35(32,33)29-24)9-4-10-22(23)34-16-17-6-5-13-30(15-17)25(31)19-11-12-27-21(14-19)18-7-2-1-3-8-18/h1-4,7-12,14,17,28H,5-6,13,15-16H2,(H2,26,29). The van der Waals surface area contributed by atoms with Gasteiger partial charge in [0.1, 0.15) is 5.75 Å². The lowest BCUT2D eigenvalue weighted by molar-refractivity contribution is 0.0633. The summed E-state index contributed by atoms with van der Waals surface area (Å²) in [4.78, 5) is 19.5. The maximum Gasteiger partial charge on any atom is 0.344 e. The predicted octanol–water partition coefficient (Wildman–Crippen LogP) is 3.06. The molecule has 3 N–H and O–H groups in total. The Morgan fingerprint density at radius 3 is 2.80 bits per heavy atom. The Hall–Kier alpha value is -3.92. The van der Waals surface area contributed by atoms with Crippen LogP contribution in [0.25, 0.3) is 11.3 Å². The highest BCUT2D eigenvalue weighted by molar-refractivity contribution is 7.91. The number of benzene rings is 2. The van der Waals surface area contributed by atoms with Crippen LogP contribution in [0.15, 0.2) is 71.3 Å². The molecule has 1 saturated heterocycles. The molecule has 2 aliphatic heterocycles. The zero-order valence-corrected chi connectivity index (χ0v) is 19.7. The number of likely N-dealkylation sites (tertiary alicyclic amines) is 1. The van der Waals surface area contributed by atoms with Crippen LogP contribution < -0.4 is 15.2 Å². The van der Waals surface area contributed by atoms with Crippen molar-refractivity contribution in [1.82, 2.24) is 9.88 Å². The Bertz CT molecular complexity index is 1390. The fourth-order valence-corrected chi connectivity index (χ4v) is 5.29. The van der Waals surface area contributed by atoms with Crippen molar-refractivity contribution >= 4 is 27.6 Å². The van der Waals surface area contributed by atoms with E-state index in [4.69, 9.17) is 10.5 Å². The lowest BCUT2D eigenvalue weighted by atomic mass is 9.98. The molecule has 2 aliphatic rings. The van der Waals surface area contributed by atoms with Crippen LogP contribution in [0.4, 0.5) is 5.69 Å². The van der Waals surface area contributed by atoms with Gasteiger partial charge in [-0.3, -0.25) is 14.5 Å². The van der Waals surface area contributed by atoms with Gasteiger partial charge in [0, 0.05) is 36.3 Å². The van der Waals surface area contributed by atoms with Crippen LogP contribution in [0.1, 0.15) is 28.8 Å². The SMILES string of the molecule is NC1=NS(=O)(=O)Nc2cccc(OCC3CCCN(C(=O)c4ccnc(-c5ccccc5)c4)C3)c21. The number of hydrogen-bond donors (Lipinski definition) is 2. The zero-order chi connectivity index (χ0) is 24.4. The van der Waals surface area contributed by atoms with E-state index < -0.39 is 10.2 Å². The molecule has 3 aromatic rings. The minimum Gasteiger partial charge on any atom is -0.492 e. The Morgan fingerprint density at radius 2 is 1.97 bits per heavy atom. The van der Waals surface area contributed by atoms with Gasteiger partial charge in [0.05, 0.1) is 23.6 Å². The zero-order valence-electron chi connectivity index (χ0n) is 18.9. The van der Waals surface area contributed by atoms with Crippen molar-refractivity contribution in [2.24, 2.45) is 16.0 Å². The van der Waals surface area contributed by atoms with E-state index in [1.54, 1.807) is 30.5 Å². The van der Waals surface area contributed by atoms with E-state index in [0.717, 1.165) is 24.1 Å². The van der Waals surface area contributed by atoms with Gasteiger partial charge in [-0.1, -0.05) is 36.4 Å². The molecule has 10 heteroatoms. The van der Waals surface area contributed by atoms with Gasteiger partial charge in [-0.05, 0) is 37.1 Å². The van der Waals surface area contributed by atoms with Gasteiger partial charge in [0.25, 0.3) is 5.91 Å². The number of rotatable bonds is 5. The van der Waals surface area contributed by atoms with Crippen molar-refractivity contribution < 1.29 is 17.9 Å². The number of amidine groups is 1. The molecular weight excluding hydrogens is 466 g/mol. The first-order valence-corrected chi connectivity index (χ1v) is 12.8. The van der Waals surface area contributed by atoms with Gasteiger partial charge in [0.2, 0.25) is 0 Å². The number of aromatic nitrogens is 1. The van der Waals surface area contributed by atoms with E-state index in [-0.39, 0.29) is 17.7 Å². The smallest absolute Gasteiger partial charge is 0.344 e. The van der Waals surface area contributed by atoms with Crippen LogP contribution in [0.2, 0.25) is 0 Å². The Morgan fingerprint density at radius 1 is 1.14 bits per heavy atom. The summed E-state index contributed by atoms with van der Waals surface area (Å²) in [5, 5.41) is 0. The molecule has 1 amide bonds. The summed E-state index contributed by atoms with van der Waals surface area (Å²) in [5.74, 6) is 0.438. The molecule has 0 spiro atoms. The number of amides is 1. The molecule has 1 unspecified atom stereocenters. The van der Waals surface area contributed by atoms with Crippen LogP contribution in [-0.4, -0.2) is 49.7 Å². The van der Waals surface area contributed by atoms with Crippen LogP contribution >= 0.6 is 0 Å². The molecule has 5 rings (SSSR count). The van der Waals surface area contributed by atoms with E-state index in [1.807, 2.05) is 41.3 Å². The minimum atomic E-state index is -3.85. The van der Waals surface area contributed by atoms with Crippen LogP contribution in [0, 0.1) is 5.92 Å². The quantitative estimate of drug-likeness (QED) is 0.565. The fraction of sp³-hybridized carbons (Fsp3) is 0.240. The third kappa shape index (κ3) is 4.97. The van der Waals surface area contributed by atoms with Crippen molar-refractivity contribution in [2.75, 3.05) is 24.4 Å². The summed E-state index contributed by atoms with van der Waals surface area (Å²) >= 11 is 0. The van der Waals surface area contributed by atoms with Gasteiger partial charge in [-0.15, -0.1) is 4.40 Å². The second-order valence-corrected chi connectivity index (χ2v) is 9.94. The number of nitrogens with zero attached hydrogens (tertiary/aromatic N) is 3. The number of pyridine rings is 1. The molecule has 1 aromatic heterocycles. The van der Waals surface area contributed by atoms with E-state index >= 15 is 0 Å². The van der Waals surface area contributed by atoms with E-state index in [1.165, 1.54) is 0 Å². The number of hydrogen-bond acceptors (Lipinski definition) is 6. The van der Waals surface area contributed by atoms with Gasteiger partial charge in [0.15, 0.2) is 5.84 Å². The molecule has 2 aromatic carbocycles. The number of carbonyl (C=O) groups is 1. The fourth-order valence-electron chi connectivity index (χ4n) is 4.44. The molecule has 180 valence electrons. The third-order valence-electron chi connectivity index (χ3n) is 6.10. The van der Waals surface area contributed by atoms with Crippen LogP contribution in [-0.2, 0) is 10.2 Å². The topological polar surface area (TPSA) is 127 Å². The second kappa shape index (κ2) is 9.38. The van der Waals surface area contributed by atoms with E-state index in [9.17, 15) is 13.2 Å². The molecule has 1 atom stereocenters. The molecule has 0 bridgehead atoms. The largest absolute Gasteiger partial charge is 0.492 e. The van der Waals surface area contributed by atoms with Crippen molar-refractivity contribution in [3.8, 4) is 17.0 Å². The van der Waals surface area contributed by atoms with Crippen LogP contribution in [0.3, 0.4) is 0 Å². The van der Waals surface area contributed by atoms with Crippen molar-refractivity contribution in [3.63, 3.8) is 0 Å². The third-order valence-corrected chi connectivity index (χ3v) is 7.01. The lowest BCUT2D eigenvalue weighted by Gasteiger charge is -2.33. The van der Waals surface area contributed by atoms with Gasteiger partial charge in [-0.2, -0.15) is 8.42 Å². The lowest BCUT2D eigenvalue weighted by Crippen LogP contribution is -2.41. The predicted molar refractivity (Wildman–Crippen MR) is 134 cm³/mol. The van der Waals surface area contributed by atoms with E-state index in [2.05, 4.69) is 14.1 Å². The average molecular weight is 492 g/mol. The maximum atomic E-state index is 13.3. The van der Waals surface area contributed by atoms with Gasteiger partial charge < -0.3 is 15.4 Å². The first-order valence-electron chi connectivity index (χ1n) is 11.3. The van der Waals surface area contributed by atoms with E-state index in [0.29, 0.717) is 42.3 Å². The molecule has 0 radical (unpaired) electrons. The molecule has 0 aliphatic carbocycles. The number of nitrogens with one attached hydrogen (secondary N) is 1. The maximum absolute atomic E-state index is 13.3. The second-order valence-electron chi connectivity index (χ2n) is 8.60. The van der Waals surface area contributed by atoms with Gasteiger partial charge in [-0.25, -0.2) is 0 Å². The summed E-state index contributed by atoms with van der Waals surface area (Å²) < 4.78 is 35.5. The molecule has 35 heavy (non-hydrogen) atoms. The number of nitrogens with two attached hydrogens (primary N) is 1.